The number of unbranched alkanes of at least 4 members (excludes halogenated alkanes) is 2. The minimum atomic E-state index is -4.94. The van der Waals surface area contributed by atoms with E-state index in [0.717, 1.165) is 3.17 Å². The van der Waals surface area contributed by atoms with Gasteiger partial charge in [0, 0.05) is 0 Å². The average molecular weight is 348 g/mol. The molecule has 22 heavy (non-hydrogen) atoms. The number of hydrogen-bond donors (Lipinski definition) is 3. The summed E-state index contributed by atoms with van der Waals surface area (Å²) in [6.07, 6.45) is 6.00. The van der Waals surface area contributed by atoms with Crippen LogP contribution in [0, 0.1) is 0 Å². The van der Waals surface area contributed by atoms with E-state index in [0.29, 0.717) is 6.92 Å². The van der Waals surface area contributed by atoms with Gasteiger partial charge in [-0.05, 0) is 6.92 Å². The van der Waals surface area contributed by atoms with E-state index in [4.69, 9.17) is 14.8 Å². The third kappa shape index (κ3) is 9.78. The molecule has 126 valence electrons. The molecule has 0 aliphatic heterocycles. The van der Waals surface area contributed by atoms with Crippen molar-refractivity contribution in [2.75, 3.05) is 0 Å². The van der Waals surface area contributed by atoms with Crippen LogP contribution < -0.4 is 0 Å². The first-order chi connectivity index (χ1) is 9.92. The van der Waals surface area contributed by atoms with E-state index < -0.39 is 33.2 Å². The summed E-state index contributed by atoms with van der Waals surface area (Å²) < 4.78 is 28.0. The molecule has 0 amide bonds. The molecule has 0 spiro atoms. The maximum absolute atomic E-state index is 10.5. The molecule has 0 radical (unpaired) electrons. The number of rotatable bonds is 9. The van der Waals surface area contributed by atoms with Gasteiger partial charge in [0.15, 0.2) is 0 Å². The molecule has 0 aliphatic carbocycles. The van der Waals surface area contributed by atoms with Crippen LogP contribution in [0.2, 0.25) is 3.17 Å². The van der Waals surface area contributed by atoms with E-state index >= 15 is 0 Å². The number of aliphatic carboxylic acids is 2. The van der Waals surface area contributed by atoms with Crippen LogP contribution in [0.3, 0.4) is 0 Å². The zero-order valence-electron chi connectivity index (χ0n) is 13.7. The second-order valence-electron chi connectivity index (χ2n) is 5.59. The normalized spacial score (nSPS) is 15.2. The van der Waals surface area contributed by atoms with Crippen LogP contribution in [0.25, 0.3) is 0 Å². The van der Waals surface area contributed by atoms with Crippen molar-refractivity contribution in [2.24, 2.45) is 0 Å². The second-order valence-corrected chi connectivity index (χ2v) is 9.07. The van der Waals surface area contributed by atoms with E-state index in [1.54, 1.807) is 0 Å². The van der Waals surface area contributed by atoms with Crippen LogP contribution in [0.4, 0.5) is 0 Å². The van der Waals surface area contributed by atoms with Crippen LogP contribution in [0.5, 0.6) is 0 Å². The fourth-order valence-electron chi connectivity index (χ4n) is 1.51. The molecule has 0 saturated heterocycles. The monoisotopic (exact) mass is 348 g/mol. The molecule has 0 heterocycles. The summed E-state index contributed by atoms with van der Waals surface area (Å²) in [6.45, 7) is 5.20. The molecule has 0 bridgehead atoms. The predicted molar refractivity (Wildman–Crippen MR) is 83.8 cm³/mol. The van der Waals surface area contributed by atoms with Crippen molar-refractivity contribution in [3.8, 4) is 0 Å². The van der Waals surface area contributed by atoms with Gasteiger partial charge in [0.05, 0.1) is 6.42 Å². The zero-order valence-corrected chi connectivity index (χ0v) is 16.5. The van der Waals surface area contributed by atoms with Gasteiger partial charge >= 0.3 is 89.0 Å². The first-order valence-electron chi connectivity index (χ1n) is 7.34. The predicted octanol–water partition coefficient (Wildman–Crippen LogP) is 2.13. The van der Waals surface area contributed by atoms with Crippen LogP contribution in [-0.2, 0) is 19.7 Å². The van der Waals surface area contributed by atoms with Gasteiger partial charge in [0.25, 0.3) is 10.1 Å². The molecule has 0 aromatic rings. The van der Waals surface area contributed by atoms with Crippen LogP contribution in [0.15, 0.2) is 0 Å². The Bertz CT molecular complexity index is 449. The number of carbonyl (C=O) groups is 2. The number of hydrogen-bond acceptors (Lipinski definition) is 4. The van der Waals surface area contributed by atoms with Crippen molar-refractivity contribution in [1.29, 1.82) is 0 Å². The van der Waals surface area contributed by atoms with Crippen molar-refractivity contribution >= 4 is 50.0 Å². The fourth-order valence-corrected chi connectivity index (χ4v) is 2.45. The molecule has 3 N–H and O–H groups in total. The van der Waals surface area contributed by atoms with Gasteiger partial charge in [-0.25, -0.2) is 0 Å². The maximum atomic E-state index is 10.5. The van der Waals surface area contributed by atoms with Gasteiger partial charge in [-0.15, -0.1) is 0 Å². The van der Waals surface area contributed by atoms with Crippen LogP contribution in [0.1, 0.15) is 59.3 Å². The first kappa shape index (κ1) is 24.1. The second kappa shape index (κ2) is 11.4. The van der Waals surface area contributed by atoms with E-state index in [9.17, 15) is 18.0 Å². The van der Waals surface area contributed by atoms with E-state index in [1.165, 1.54) is 60.0 Å². The third-order valence-electron chi connectivity index (χ3n) is 3.51. The van der Waals surface area contributed by atoms with E-state index in [2.05, 4.69) is 13.8 Å². The Balaban J connectivity index is 0. The van der Waals surface area contributed by atoms with Crippen molar-refractivity contribution in [1.82, 2.24) is 0 Å². The zero-order chi connectivity index (χ0) is 18.0. The Labute approximate surface area is 149 Å². The molecule has 7 nitrogen and oxygen atoms in total. The molecule has 0 saturated carbocycles. The molecular formula is C13H25NaO7S. The Morgan fingerprint density at radius 3 is 1.91 bits per heavy atom. The van der Waals surface area contributed by atoms with Crippen molar-refractivity contribution in [3.05, 3.63) is 0 Å². The summed E-state index contributed by atoms with van der Waals surface area (Å²) >= 11 is 1.41. The Kier molecular flexibility index (Phi) is 12.5. The summed E-state index contributed by atoms with van der Waals surface area (Å²) in [4.78, 5) is 20.5. The fraction of sp³-hybridized carbons (Fsp3) is 0.846. The van der Waals surface area contributed by atoms with Crippen LogP contribution in [-0.4, -0.2) is 67.8 Å². The summed E-state index contributed by atoms with van der Waals surface area (Å²) in [6, 6.07) is 0. The molecule has 0 fully saturated rings. The van der Waals surface area contributed by atoms with Gasteiger partial charge < -0.3 is 10.2 Å². The minimum absolute atomic E-state index is 0.624. The summed E-state index contributed by atoms with van der Waals surface area (Å²) in [5.41, 5.74) is 0. The molecule has 0 aromatic heterocycles. The van der Waals surface area contributed by atoms with Gasteiger partial charge in [-0.3, -0.25) is 14.1 Å². The van der Waals surface area contributed by atoms with Crippen molar-refractivity contribution in [3.63, 3.8) is 0 Å². The Hall–Kier alpha value is -0.150. The van der Waals surface area contributed by atoms with Crippen molar-refractivity contribution in [2.45, 2.75) is 67.2 Å². The standard InChI is InChI=1S/C8H17.C5H8O7S.Na/c1-3-5-7-8-6-4-2;1-5(4(8)9,2-3(6)7)13(10,11)12;/h5H,3-4,6-8H2,1-2H3;2H2,1H3,(H,6,7)(H,8,9)(H,10,11,12);. The SMILES string of the molecule is CC(CC(=O)O)(C(=O)O)S(=O)(=O)O.CCCCC[CH]([Na])CC. The molecule has 2 atom stereocenters. The van der Waals surface area contributed by atoms with Gasteiger partial charge in [-0.2, -0.15) is 8.42 Å². The molecule has 0 aliphatic rings. The van der Waals surface area contributed by atoms with E-state index in [-0.39, 0.29) is 0 Å². The van der Waals surface area contributed by atoms with Gasteiger partial charge in [-0.1, -0.05) is 0 Å². The summed E-state index contributed by atoms with van der Waals surface area (Å²) in [5, 5.41) is 16.6. The van der Waals surface area contributed by atoms with E-state index in [1.807, 2.05) is 0 Å². The van der Waals surface area contributed by atoms with Crippen molar-refractivity contribution < 1.29 is 32.8 Å². The first-order valence-corrected chi connectivity index (χ1v) is 9.94. The molecule has 0 rings (SSSR count). The summed E-state index contributed by atoms with van der Waals surface area (Å²) in [5.74, 6) is -3.53. The Morgan fingerprint density at radius 1 is 1.18 bits per heavy atom. The van der Waals surface area contributed by atoms with Gasteiger partial charge in [0.1, 0.15) is 0 Å². The topological polar surface area (TPSA) is 129 Å². The molecule has 0 aromatic carbocycles. The van der Waals surface area contributed by atoms with Gasteiger partial charge in [0.2, 0.25) is 4.75 Å². The number of carboxylic acid groups (broad SMARTS) is 2. The Morgan fingerprint density at radius 2 is 1.68 bits per heavy atom. The average Bonchev–Trinajstić information content (AvgIpc) is 2.37. The number of carboxylic acids is 2. The summed E-state index contributed by atoms with van der Waals surface area (Å²) in [7, 11) is -4.94. The molecule has 9 heteroatoms. The third-order valence-corrected chi connectivity index (χ3v) is 6.36. The molecular weight excluding hydrogens is 323 g/mol. The van der Waals surface area contributed by atoms with Crippen LogP contribution >= 0.6 is 0 Å². The quantitative estimate of drug-likeness (QED) is 0.330. The molecule has 2 unspecified atom stereocenters.